The topological polar surface area (TPSA) is 49.4 Å². The van der Waals surface area contributed by atoms with Gasteiger partial charge in [-0.05, 0) is 62.1 Å². The molecule has 3 aromatic rings. The number of carbonyl (C=O) groups excluding carboxylic acids is 2. The third kappa shape index (κ3) is 9.10. The number of hydrogen-bond donors (Lipinski definition) is 1. The molecule has 37 heavy (non-hydrogen) atoms. The Morgan fingerprint density at radius 3 is 2.27 bits per heavy atom. The van der Waals surface area contributed by atoms with Gasteiger partial charge in [-0.1, -0.05) is 83.9 Å². The van der Waals surface area contributed by atoms with Crippen molar-refractivity contribution in [2.75, 3.05) is 5.75 Å². The van der Waals surface area contributed by atoms with E-state index >= 15 is 0 Å². The number of hydrogen-bond acceptors (Lipinski definition) is 3. The lowest BCUT2D eigenvalue weighted by Gasteiger charge is -2.34. The van der Waals surface area contributed by atoms with Gasteiger partial charge >= 0.3 is 0 Å². The Morgan fingerprint density at radius 1 is 0.946 bits per heavy atom. The molecule has 0 heterocycles. The van der Waals surface area contributed by atoms with Gasteiger partial charge in [0.15, 0.2) is 0 Å². The summed E-state index contributed by atoms with van der Waals surface area (Å²) in [5.74, 6) is 0.646. The minimum absolute atomic E-state index is 0.116. The average Bonchev–Trinajstić information content (AvgIpc) is 2.83. The first-order valence-corrected chi connectivity index (χ1v) is 14.2. The third-order valence-corrected chi connectivity index (χ3v) is 7.42. The molecule has 0 aliphatic heterocycles. The minimum Gasteiger partial charge on any atom is -0.350 e. The fraction of sp³-hybridized carbons (Fsp3) is 0.333. The van der Waals surface area contributed by atoms with E-state index in [0.29, 0.717) is 22.2 Å². The van der Waals surface area contributed by atoms with Crippen molar-refractivity contribution in [2.24, 2.45) is 0 Å². The normalized spacial score (nSPS) is 12.2. The zero-order valence-corrected chi connectivity index (χ0v) is 24.1. The molecule has 1 unspecified atom stereocenters. The summed E-state index contributed by atoms with van der Waals surface area (Å²) in [5, 5.41) is 4.07. The quantitative estimate of drug-likeness (QED) is 0.290. The average molecular weight is 558 g/mol. The van der Waals surface area contributed by atoms with Gasteiger partial charge in [-0.3, -0.25) is 9.59 Å². The van der Waals surface area contributed by atoms with E-state index in [1.54, 1.807) is 28.8 Å². The molecule has 1 N–H and O–H groups in total. The summed E-state index contributed by atoms with van der Waals surface area (Å²) < 4.78 is 0. The SMILES string of the molecule is Cc1ccccc1CSCC(=O)N(Cc1ccc(Cl)cc1Cl)C(Cc1ccccc1)C(=O)NC(C)(C)C. The van der Waals surface area contributed by atoms with E-state index in [9.17, 15) is 9.59 Å². The van der Waals surface area contributed by atoms with E-state index in [2.05, 4.69) is 24.4 Å². The van der Waals surface area contributed by atoms with Crippen LogP contribution in [0.4, 0.5) is 0 Å². The molecular formula is C30H34Cl2N2O2S. The second-order valence-electron chi connectivity index (χ2n) is 10.1. The molecule has 2 amide bonds. The molecule has 0 spiro atoms. The van der Waals surface area contributed by atoms with Gasteiger partial charge in [0, 0.05) is 34.3 Å². The molecule has 3 aromatic carbocycles. The second kappa shape index (κ2) is 13.4. The zero-order chi connectivity index (χ0) is 27.0. The predicted molar refractivity (Wildman–Crippen MR) is 156 cm³/mol. The van der Waals surface area contributed by atoms with Gasteiger partial charge in [0.05, 0.1) is 5.75 Å². The Morgan fingerprint density at radius 2 is 1.62 bits per heavy atom. The van der Waals surface area contributed by atoms with Crippen LogP contribution >= 0.6 is 35.0 Å². The number of carbonyl (C=O) groups is 2. The molecule has 0 aliphatic rings. The van der Waals surface area contributed by atoms with Gasteiger partial charge in [0.2, 0.25) is 11.8 Å². The molecular weight excluding hydrogens is 523 g/mol. The highest BCUT2D eigenvalue weighted by Crippen LogP contribution is 2.25. The number of nitrogens with one attached hydrogen (secondary N) is 1. The Labute approximate surface area is 234 Å². The maximum atomic E-state index is 13.8. The first kappa shape index (κ1) is 29.1. The van der Waals surface area contributed by atoms with E-state index in [-0.39, 0.29) is 24.1 Å². The third-order valence-electron chi connectivity index (χ3n) is 5.87. The van der Waals surface area contributed by atoms with Gasteiger partial charge in [-0.2, -0.15) is 0 Å². The highest BCUT2D eigenvalue weighted by Gasteiger charge is 2.32. The van der Waals surface area contributed by atoms with Crippen molar-refractivity contribution in [3.63, 3.8) is 0 Å². The van der Waals surface area contributed by atoms with Crippen LogP contribution in [-0.2, 0) is 28.3 Å². The van der Waals surface area contributed by atoms with Crippen LogP contribution in [0.25, 0.3) is 0 Å². The lowest BCUT2D eigenvalue weighted by Crippen LogP contribution is -2.54. The molecule has 0 aliphatic carbocycles. The smallest absolute Gasteiger partial charge is 0.243 e. The van der Waals surface area contributed by atoms with E-state index in [1.807, 2.05) is 69.3 Å². The number of halogens is 2. The van der Waals surface area contributed by atoms with Crippen molar-refractivity contribution in [3.05, 3.63) is 105 Å². The molecule has 4 nitrogen and oxygen atoms in total. The lowest BCUT2D eigenvalue weighted by atomic mass is 10.0. The van der Waals surface area contributed by atoms with Crippen LogP contribution in [0.15, 0.2) is 72.8 Å². The van der Waals surface area contributed by atoms with Crippen LogP contribution in [-0.4, -0.2) is 34.0 Å². The van der Waals surface area contributed by atoms with Crippen molar-refractivity contribution in [2.45, 2.75) is 58.0 Å². The Hall–Kier alpha value is -2.47. The first-order valence-electron chi connectivity index (χ1n) is 12.2. The molecule has 7 heteroatoms. The van der Waals surface area contributed by atoms with Crippen molar-refractivity contribution in [1.82, 2.24) is 10.2 Å². The van der Waals surface area contributed by atoms with Crippen molar-refractivity contribution < 1.29 is 9.59 Å². The summed E-state index contributed by atoms with van der Waals surface area (Å²) in [7, 11) is 0. The van der Waals surface area contributed by atoms with E-state index in [1.165, 1.54) is 11.1 Å². The van der Waals surface area contributed by atoms with E-state index in [0.717, 1.165) is 11.1 Å². The molecule has 0 saturated heterocycles. The van der Waals surface area contributed by atoms with Gasteiger partial charge in [-0.15, -0.1) is 11.8 Å². The molecule has 0 saturated carbocycles. The highest BCUT2D eigenvalue weighted by molar-refractivity contribution is 7.99. The molecule has 1 atom stereocenters. The summed E-state index contributed by atoms with van der Waals surface area (Å²) >= 11 is 14.2. The largest absolute Gasteiger partial charge is 0.350 e. The monoisotopic (exact) mass is 556 g/mol. The van der Waals surface area contributed by atoms with Gasteiger partial charge in [0.25, 0.3) is 0 Å². The fourth-order valence-corrected chi connectivity index (χ4v) is 5.40. The van der Waals surface area contributed by atoms with Crippen LogP contribution in [0, 0.1) is 6.92 Å². The lowest BCUT2D eigenvalue weighted by molar-refractivity contribution is -0.140. The van der Waals surface area contributed by atoms with Crippen LogP contribution in [0.3, 0.4) is 0 Å². The first-order chi connectivity index (χ1) is 17.5. The Kier molecular flexibility index (Phi) is 10.5. The molecule has 196 valence electrons. The zero-order valence-electron chi connectivity index (χ0n) is 21.8. The van der Waals surface area contributed by atoms with Gasteiger partial charge in [0.1, 0.15) is 6.04 Å². The number of thioether (sulfide) groups is 1. The summed E-state index contributed by atoms with van der Waals surface area (Å²) in [5.41, 5.74) is 3.66. The molecule has 3 rings (SSSR count). The van der Waals surface area contributed by atoms with Crippen molar-refractivity contribution >= 4 is 46.8 Å². The van der Waals surface area contributed by atoms with Gasteiger partial charge < -0.3 is 10.2 Å². The minimum atomic E-state index is -0.708. The van der Waals surface area contributed by atoms with Crippen LogP contribution in [0.2, 0.25) is 10.0 Å². The van der Waals surface area contributed by atoms with Crippen molar-refractivity contribution in [3.8, 4) is 0 Å². The van der Waals surface area contributed by atoms with Crippen LogP contribution in [0.5, 0.6) is 0 Å². The maximum absolute atomic E-state index is 13.8. The van der Waals surface area contributed by atoms with Crippen LogP contribution < -0.4 is 5.32 Å². The molecule has 0 radical (unpaired) electrons. The summed E-state index contributed by atoms with van der Waals surface area (Å²) in [6.45, 7) is 8.08. The summed E-state index contributed by atoms with van der Waals surface area (Å²) in [6.07, 6.45) is 0.391. The molecule has 0 aromatic heterocycles. The fourth-order valence-electron chi connectivity index (χ4n) is 3.94. The van der Waals surface area contributed by atoms with Gasteiger partial charge in [-0.25, -0.2) is 0 Å². The standard InChI is InChI=1S/C30H34Cl2N2O2S/c1-21-10-8-9-13-24(21)19-37-20-28(35)34(18-23-14-15-25(31)17-26(23)32)27(29(36)33-30(2,3)4)16-22-11-6-5-7-12-22/h5-15,17,27H,16,18-20H2,1-4H3,(H,33,36). The Bertz CT molecular complexity index is 1210. The number of benzene rings is 3. The molecule has 0 bridgehead atoms. The van der Waals surface area contributed by atoms with E-state index < -0.39 is 11.6 Å². The Balaban J connectivity index is 1.91. The second-order valence-corrected chi connectivity index (χ2v) is 12.0. The number of nitrogens with zero attached hydrogens (tertiary/aromatic N) is 1. The number of aryl methyl sites for hydroxylation is 1. The predicted octanol–water partition coefficient (Wildman–Crippen LogP) is 7.09. The number of amides is 2. The van der Waals surface area contributed by atoms with E-state index in [4.69, 9.17) is 23.2 Å². The van der Waals surface area contributed by atoms with Crippen LogP contribution in [0.1, 0.15) is 43.0 Å². The number of rotatable bonds is 10. The molecule has 0 fully saturated rings. The maximum Gasteiger partial charge on any atom is 0.243 e. The highest BCUT2D eigenvalue weighted by atomic mass is 35.5. The summed E-state index contributed by atoms with van der Waals surface area (Å²) in [6, 6.07) is 22.4. The summed E-state index contributed by atoms with van der Waals surface area (Å²) in [4.78, 5) is 29.0. The van der Waals surface area contributed by atoms with Crippen molar-refractivity contribution in [1.29, 1.82) is 0 Å².